The van der Waals surface area contributed by atoms with Crippen molar-refractivity contribution in [2.24, 2.45) is 5.92 Å². The van der Waals surface area contributed by atoms with Crippen LogP contribution in [0.3, 0.4) is 0 Å². The van der Waals surface area contributed by atoms with Crippen LogP contribution in [-0.2, 0) is 9.53 Å². The number of hydrogen-bond donors (Lipinski definition) is 1. The van der Waals surface area contributed by atoms with Crippen molar-refractivity contribution in [2.75, 3.05) is 19.8 Å². The first-order chi connectivity index (χ1) is 6.72. The standard InChI is InChI=1S/C10H16N2O2/c1-3-4-6-14-7-5-12-10(13)9(2)8-11/h3,9H,1,4-7H2,2H3,(H,12,13). The molecule has 0 aliphatic carbocycles. The van der Waals surface area contributed by atoms with E-state index >= 15 is 0 Å². The van der Waals surface area contributed by atoms with Crippen molar-refractivity contribution in [3.8, 4) is 6.07 Å². The summed E-state index contributed by atoms with van der Waals surface area (Å²) in [6, 6.07) is 1.86. The van der Waals surface area contributed by atoms with Gasteiger partial charge in [-0.05, 0) is 13.3 Å². The molecule has 1 N–H and O–H groups in total. The van der Waals surface area contributed by atoms with Gasteiger partial charge in [-0.3, -0.25) is 4.79 Å². The molecule has 1 unspecified atom stereocenters. The molecular weight excluding hydrogens is 180 g/mol. The minimum absolute atomic E-state index is 0.250. The molecule has 14 heavy (non-hydrogen) atoms. The van der Waals surface area contributed by atoms with Gasteiger partial charge in [0.25, 0.3) is 0 Å². The Morgan fingerprint density at radius 3 is 3.00 bits per heavy atom. The number of carbonyl (C=O) groups is 1. The predicted octanol–water partition coefficient (Wildman–Crippen LogP) is 0.855. The molecule has 0 aromatic rings. The second-order valence-electron chi connectivity index (χ2n) is 2.83. The van der Waals surface area contributed by atoms with Crippen molar-refractivity contribution < 1.29 is 9.53 Å². The third-order valence-corrected chi connectivity index (χ3v) is 1.60. The minimum Gasteiger partial charge on any atom is -0.379 e. The van der Waals surface area contributed by atoms with Crippen molar-refractivity contribution in [1.82, 2.24) is 5.32 Å². The van der Waals surface area contributed by atoms with E-state index in [-0.39, 0.29) is 5.91 Å². The molecule has 0 aliphatic heterocycles. The van der Waals surface area contributed by atoms with E-state index in [0.717, 1.165) is 6.42 Å². The summed E-state index contributed by atoms with van der Waals surface area (Å²) in [5.41, 5.74) is 0. The van der Waals surface area contributed by atoms with Crippen LogP contribution >= 0.6 is 0 Å². The molecule has 0 rings (SSSR count). The van der Waals surface area contributed by atoms with Gasteiger partial charge in [-0.25, -0.2) is 0 Å². The average Bonchev–Trinajstić information content (AvgIpc) is 2.21. The Balaban J connectivity index is 3.32. The maximum absolute atomic E-state index is 11.1. The van der Waals surface area contributed by atoms with Crippen LogP contribution in [-0.4, -0.2) is 25.7 Å². The zero-order chi connectivity index (χ0) is 10.8. The van der Waals surface area contributed by atoms with Crippen LogP contribution < -0.4 is 5.32 Å². The van der Waals surface area contributed by atoms with Gasteiger partial charge in [-0.1, -0.05) is 6.08 Å². The highest BCUT2D eigenvalue weighted by molar-refractivity contribution is 5.80. The molecule has 0 aliphatic rings. The molecular formula is C10H16N2O2. The van der Waals surface area contributed by atoms with Crippen molar-refractivity contribution in [2.45, 2.75) is 13.3 Å². The van der Waals surface area contributed by atoms with Gasteiger partial charge in [0, 0.05) is 6.54 Å². The number of carbonyl (C=O) groups excluding carboxylic acids is 1. The Morgan fingerprint density at radius 1 is 1.71 bits per heavy atom. The SMILES string of the molecule is C=CCCOCCNC(=O)C(C)C#N. The van der Waals surface area contributed by atoms with E-state index < -0.39 is 5.92 Å². The summed E-state index contributed by atoms with van der Waals surface area (Å²) in [4.78, 5) is 11.1. The summed E-state index contributed by atoms with van der Waals surface area (Å²) in [6.45, 7) is 6.65. The van der Waals surface area contributed by atoms with Gasteiger partial charge in [0.05, 0.1) is 19.3 Å². The van der Waals surface area contributed by atoms with Gasteiger partial charge < -0.3 is 10.1 Å². The monoisotopic (exact) mass is 196 g/mol. The lowest BCUT2D eigenvalue weighted by molar-refractivity contribution is -0.123. The summed E-state index contributed by atoms with van der Waals surface area (Å²) >= 11 is 0. The highest BCUT2D eigenvalue weighted by Crippen LogP contribution is 1.90. The van der Waals surface area contributed by atoms with E-state index in [9.17, 15) is 4.79 Å². The van der Waals surface area contributed by atoms with Crippen LogP contribution in [0.5, 0.6) is 0 Å². The van der Waals surface area contributed by atoms with Gasteiger partial charge in [0.1, 0.15) is 5.92 Å². The second kappa shape index (κ2) is 8.27. The topological polar surface area (TPSA) is 62.1 Å². The van der Waals surface area contributed by atoms with E-state index in [1.54, 1.807) is 13.0 Å². The zero-order valence-electron chi connectivity index (χ0n) is 8.45. The van der Waals surface area contributed by atoms with Crippen LogP contribution in [0.15, 0.2) is 12.7 Å². The predicted molar refractivity (Wildman–Crippen MR) is 53.4 cm³/mol. The molecule has 4 nitrogen and oxygen atoms in total. The lowest BCUT2D eigenvalue weighted by atomic mass is 10.2. The Kier molecular flexibility index (Phi) is 7.48. The van der Waals surface area contributed by atoms with Crippen LogP contribution in [0.4, 0.5) is 0 Å². The van der Waals surface area contributed by atoms with Crippen molar-refractivity contribution in [3.05, 3.63) is 12.7 Å². The normalized spacial score (nSPS) is 11.4. The molecule has 0 saturated carbocycles. The number of nitrogens with one attached hydrogen (secondary N) is 1. The van der Waals surface area contributed by atoms with Crippen LogP contribution in [0.1, 0.15) is 13.3 Å². The van der Waals surface area contributed by atoms with Gasteiger partial charge in [0.15, 0.2) is 0 Å². The second-order valence-corrected chi connectivity index (χ2v) is 2.83. The van der Waals surface area contributed by atoms with Gasteiger partial charge >= 0.3 is 0 Å². The number of rotatable bonds is 7. The van der Waals surface area contributed by atoms with Crippen LogP contribution in [0.2, 0.25) is 0 Å². The van der Waals surface area contributed by atoms with E-state index in [1.165, 1.54) is 0 Å². The largest absolute Gasteiger partial charge is 0.379 e. The maximum Gasteiger partial charge on any atom is 0.237 e. The summed E-state index contributed by atoms with van der Waals surface area (Å²) in [6.07, 6.45) is 2.58. The van der Waals surface area contributed by atoms with Gasteiger partial charge in [-0.2, -0.15) is 5.26 Å². The van der Waals surface area contributed by atoms with Crippen molar-refractivity contribution >= 4 is 5.91 Å². The fourth-order valence-electron chi connectivity index (χ4n) is 0.727. The Labute approximate surface area is 84.6 Å². The smallest absolute Gasteiger partial charge is 0.237 e. The van der Waals surface area contributed by atoms with Crippen molar-refractivity contribution in [1.29, 1.82) is 5.26 Å². The minimum atomic E-state index is -0.594. The number of ether oxygens (including phenoxy) is 1. The molecule has 0 aromatic carbocycles. The Hall–Kier alpha value is -1.34. The quantitative estimate of drug-likeness (QED) is 0.485. The Bertz CT molecular complexity index is 221. The van der Waals surface area contributed by atoms with Crippen LogP contribution in [0, 0.1) is 17.2 Å². The molecule has 1 atom stereocenters. The summed E-state index contributed by atoms with van der Waals surface area (Å²) < 4.78 is 5.17. The fourth-order valence-corrected chi connectivity index (χ4v) is 0.727. The lowest BCUT2D eigenvalue weighted by Gasteiger charge is -2.06. The molecule has 0 heterocycles. The molecule has 0 spiro atoms. The van der Waals surface area contributed by atoms with Gasteiger partial charge in [-0.15, -0.1) is 6.58 Å². The fraction of sp³-hybridized carbons (Fsp3) is 0.600. The van der Waals surface area contributed by atoms with E-state index in [2.05, 4.69) is 11.9 Å². The molecule has 0 aromatic heterocycles. The van der Waals surface area contributed by atoms with Crippen LogP contribution in [0.25, 0.3) is 0 Å². The highest BCUT2D eigenvalue weighted by atomic mass is 16.5. The molecule has 0 fully saturated rings. The number of amides is 1. The van der Waals surface area contributed by atoms with E-state index in [0.29, 0.717) is 19.8 Å². The third kappa shape index (κ3) is 6.21. The molecule has 0 radical (unpaired) electrons. The molecule has 1 amide bonds. The maximum atomic E-state index is 11.1. The number of nitrogens with zero attached hydrogens (tertiary/aromatic N) is 1. The number of nitriles is 1. The summed E-state index contributed by atoms with van der Waals surface area (Å²) in [5.74, 6) is -0.844. The summed E-state index contributed by atoms with van der Waals surface area (Å²) in [5, 5.41) is 11.0. The van der Waals surface area contributed by atoms with E-state index in [4.69, 9.17) is 10.00 Å². The number of hydrogen-bond acceptors (Lipinski definition) is 3. The summed E-state index contributed by atoms with van der Waals surface area (Å²) in [7, 11) is 0. The Morgan fingerprint density at radius 2 is 2.43 bits per heavy atom. The first kappa shape index (κ1) is 12.7. The third-order valence-electron chi connectivity index (χ3n) is 1.60. The molecule has 0 bridgehead atoms. The highest BCUT2D eigenvalue weighted by Gasteiger charge is 2.09. The molecule has 0 saturated heterocycles. The first-order valence-electron chi connectivity index (χ1n) is 4.58. The van der Waals surface area contributed by atoms with Crippen molar-refractivity contribution in [3.63, 3.8) is 0 Å². The molecule has 4 heteroatoms. The lowest BCUT2D eigenvalue weighted by Crippen LogP contribution is -2.31. The van der Waals surface area contributed by atoms with Gasteiger partial charge in [0.2, 0.25) is 5.91 Å². The van der Waals surface area contributed by atoms with E-state index in [1.807, 2.05) is 6.07 Å². The first-order valence-corrected chi connectivity index (χ1v) is 4.58. The molecule has 78 valence electrons. The average molecular weight is 196 g/mol. The zero-order valence-corrected chi connectivity index (χ0v) is 8.45.